The number of amides is 1. The second-order valence-electron chi connectivity index (χ2n) is 8.41. The average Bonchev–Trinajstić information content (AvgIpc) is 3.15. The Morgan fingerprint density at radius 3 is 1.78 bits per heavy atom. The van der Waals surface area contributed by atoms with Crippen LogP contribution in [-0.2, 0) is 10.3 Å². The van der Waals surface area contributed by atoms with Crippen LogP contribution < -0.4 is 0 Å². The van der Waals surface area contributed by atoms with Crippen LogP contribution in [0, 0.1) is 5.92 Å². The van der Waals surface area contributed by atoms with E-state index in [4.69, 9.17) is 4.74 Å². The first-order valence-corrected chi connectivity index (χ1v) is 12.2. The highest BCUT2D eigenvalue weighted by atomic mass is 32.2. The van der Waals surface area contributed by atoms with Crippen molar-refractivity contribution in [3.63, 3.8) is 0 Å². The number of ether oxygens (including phenoxy) is 1. The predicted molar refractivity (Wildman–Crippen MR) is 129 cm³/mol. The van der Waals surface area contributed by atoms with E-state index in [1.54, 1.807) is 4.90 Å². The lowest BCUT2D eigenvalue weighted by molar-refractivity contribution is 0.0479. The van der Waals surface area contributed by atoms with Crippen molar-refractivity contribution in [1.82, 2.24) is 4.90 Å². The van der Waals surface area contributed by atoms with Crippen molar-refractivity contribution in [2.45, 2.75) is 37.0 Å². The number of rotatable bonds is 7. The molecule has 3 aromatic carbocycles. The van der Waals surface area contributed by atoms with Gasteiger partial charge in [0.05, 0.1) is 6.04 Å². The van der Waals surface area contributed by atoms with Gasteiger partial charge in [-0.05, 0) is 17.7 Å². The predicted octanol–water partition coefficient (Wildman–Crippen LogP) is 5.83. The molecule has 1 saturated heterocycles. The van der Waals surface area contributed by atoms with Gasteiger partial charge < -0.3 is 9.84 Å². The van der Waals surface area contributed by atoms with Gasteiger partial charge in [-0.2, -0.15) is 0 Å². The summed E-state index contributed by atoms with van der Waals surface area (Å²) in [6.07, 6.45) is 0.667. The van der Waals surface area contributed by atoms with E-state index >= 15 is 0 Å². The maximum atomic E-state index is 13.6. The van der Waals surface area contributed by atoms with Crippen LogP contribution >= 0.6 is 11.8 Å². The van der Waals surface area contributed by atoms with Crippen LogP contribution in [-0.4, -0.2) is 33.8 Å². The third-order valence-electron chi connectivity index (χ3n) is 6.14. The number of hydrogen-bond donors (Lipinski definition) is 1. The zero-order valence-electron chi connectivity index (χ0n) is 18.6. The van der Waals surface area contributed by atoms with E-state index in [1.165, 1.54) is 11.8 Å². The van der Waals surface area contributed by atoms with E-state index in [0.717, 1.165) is 16.7 Å². The van der Waals surface area contributed by atoms with E-state index in [1.807, 2.05) is 97.3 Å². The number of carbonyl (C=O) groups excluding carboxylic acids is 1. The molecule has 0 aliphatic carbocycles. The summed E-state index contributed by atoms with van der Waals surface area (Å²) in [5.74, 6) is 0.0690. The smallest absolute Gasteiger partial charge is 0.412 e. The van der Waals surface area contributed by atoms with Crippen molar-refractivity contribution < 1.29 is 14.6 Å². The summed E-state index contributed by atoms with van der Waals surface area (Å²) in [6.45, 7) is 4.21. The van der Waals surface area contributed by atoms with Crippen LogP contribution in [0.15, 0.2) is 91.0 Å². The van der Waals surface area contributed by atoms with E-state index in [-0.39, 0.29) is 12.0 Å². The van der Waals surface area contributed by atoms with Crippen LogP contribution in [0.4, 0.5) is 4.79 Å². The molecule has 5 heteroatoms. The Hall–Kier alpha value is -2.76. The number of cyclic esters (lactones) is 1. The Labute approximate surface area is 194 Å². The standard InChI is InChI=1S/C27H29NO3S/c1-19(2)24-27(21-15-9-5-10-16-21,22-17-11-6-12-18-22)31-26(30)28(24)25(32-3)23(29)20-13-7-4-8-14-20/h4-19,23-25,29H,1-3H3/t23-,24-,25-/m0/s1. The van der Waals surface area contributed by atoms with Crippen LogP contribution in [0.1, 0.15) is 36.6 Å². The van der Waals surface area contributed by atoms with Gasteiger partial charge in [0.25, 0.3) is 0 Å². The summed E-state index contributed by atoms with van der Waals surface area (Å²) in [6, 6.07) is 29.1. The highest BCUT2D eigenvalue weighted by Gasteiger charge is 2.59. The molecule has 0 saturated carbocycles. The third-order valence-corrected chi connectivity index (χ3v) is 7.11. The van der Waals surface area contributed by atoms with Gasteiger partial charge in [0, 0.05) is 11.1 Å². The van der Waals surface area contributed by atoms with Crippen LogP contribution in [0.5, 0.6) is 0 Å². The largest absolute Gasteiger partial charge is 0.431 e. The molecule has 1 fully saturated rings. The monoisotopic (exact) mass is 447 g/mol. The molecule has 1 amide bonds. The topological polar surface area (TPSA) is 49.8 Å². The molecule has 3 aromatic rings. The lowest BCUT2D eigenvalue weighted by Crippen LogP contribution is -2.51. The molecule has 1 heterocycles. The average molecular weight is 448 g/mol. The van der Waals surface area contributed by atoms with Crippen LogP contribution in [0.25, 0.3) is 0 Å². The Balaban J connectivity index is 1.87. The molecule has 32 heavy (non-hydrogen) atoms. The highest BCUT2D eigenvalue weighted by molar-refractivity contribution is 7.99. The molecule has 0 aromatic heterocycles. The quantitative estimate of drug-likeness (QED) is 0.495. The van der Waals surface area contributed by atoms with Crippen LogP contribution in [0.2, 0.25) is 0 Å². The summed E-state index contributed by atoms with van der Waals surface area (Å²) in [5, 5.41) is 10.8. The normalized spacial score (nSPS) is 19.6. The number of aliphatic hydroxyl groups excluding tert-OH is 1. The molecule has 0 radical (unpaired) electrons. The molecule has 4 nitrogen and oxygen atoms in total. The van der Waals surface area contributed by atoms with E-state index in [0.29, 0.717) is 0 Å². The van der Waals surface area contributed by atoms with Gasteiger partial charge in [-0.1, -0.05) is 105 Å². The fourth-order valence-electron chi connectivity index (χ4n) is 4.82. The summed E-state index contributed by atoms with van der Waals surface area (Å²) in [5.41, 5.74) is 1.65. The van der Waals surface area contributed by atoms with E-state index < -0.39 is 23.2 Å². The number of carbonyl (C=O) groups is 1. The molecule has 1 aliphatic heterocycles. The molecule has 166 valence electrons. The van der Waals surface area contributed by atoms with E-state index in [2.05, 4.69) is 13.8 Å². The van der Waals surface area contributed by atoms with Crippen molar-refractivity contribution in [2.75, 3.05) is 6.26 Å². The third kappa shape index (κ3) is 3.80. The Morgan fingerprint density at radius 1 is 0.875 bits per heavy atom. The lowest BCUT2D eigenvalue weighted by Gasteiger charge is -2.41. The Bertz CT molecular complexity index is 987. The van der Waals surface area contributed by atoms with Crippen molar-refractivity contribution in [2.24, 2.45) is 5.92 Å². The first kappa shape index (κ1) is 22.4. The minimum absolute atomic E-state index is 0.0690. The lowest BCUT2D eigenvalue weighted by atomic mass is 9.75. The van der Waals surface area contributed by atoms with E-state index in [9.17, 15) is 9.90 Å². The maximum Gasteiger partial charge on any atom is 0.412 e. The minimum atomic E-state index is -0.974. The van der Waals surface area contributed by atoms with Crippen molar-refractivity contribution in [3.8, 4) is 0 Å². The van der Waals surface area contributed by atoms with Crippen LogP contribution in [0.3, 0.4) is 0 Å². The maximum absolute atomic E-state index is 13.6. The molecule has 1 aliphatic rings. The SMILES string of the molecule is CS[C@@H]([C@@H](O)c1ccccc1)N1C(=O)OC(c2ccccc2)(c2ccccc2)[C@@H]1C(C)C. The minimum Gasteiger partial charge on any atom is -0.431 e. The number of hydrogen-bond acceptors (Lipinski definition) is 4. The number of thioether (sulfide) groups is 1. The molecule has 0 bridgehead atoms. The molecule has 4 rings (SSSR count). The molecule has 1 N–H and O–H groups in total. The first-order valence-electron chi connectivity index (χ1n) is 10.9. The number of nitrogens with zero attached hydrogens (tertiary/aromatic N) is 1. The van der Waals surface area contributed by atoms with Gasteiger partial charge in [-0.3, -0.25) is 4.90 Å². The van der Waals surface area contributed by atoms with Crippen molar-refractivity contribution >= 4 is 17.9 Å². The fourth-order valence-corrected chi connectivity index (χ4v) is 5.68. The zero-order chi connectivity index (χ0) is 22.7. The van der Waals surface area contributed by atoms with Gasteiger partial charge in [0.2, 0.25) is 0 Å². The molecule has 3 atom stereocenters. The fraction of sp³-hybridized carbons (Fsp3) is 0.296. The molecule has 0 unspecified atom stereocenters. The second kappa shape index (κ2) is 9.39. The van der Waals surface area contributed by atoms with Crippen molar-refractivity contribution in [3.05, 3.63) is 108 Å². The highest BCUT2D eigenvalue weighted by Crippen LogP contribution is 2.50. The molecular weight excluding hydrogens is 418 g/mol. The number of benzene rings is 3. The summed E-state index contributed by atoms with van der Waals surface area (Å²) in [4.78, 5) is 15.3. The summed E-state index contributed by atoms with van der Waals surface area (Å²) in [7, 11) is 0. The summed E-state index contributed by atoms with van der Waals surface area (Å²) >= 11 is 1.46. The van der Waals surface area contributed by atoms with Crippen molar-refractivity contribution in [1.29, 1.82) is 0 Å². The number of aliphatic hydroxyl groups is 1. The summed E-state index contributed by atoms with van der Waals surface area (Å²) < 4.78 is 6.34. The van der Waals surface area contributed by atoms with Gasteiger partial charge in [0.1, 0.15) is 11.5 Å². The second-order valence-corrected chi connectivity index (χ2v) is 9.37. The zero-order valence-corrected chi connectivity index (χ0v) is 19.4. The first-order chi connectivity index (χ1) is 15.5. The van der Waals surface area contributed by atoms with Gasteiger partial charge in [-0.25, -0.2) is 4.79 Å². The van der Waals surface area contributed by atoms with Gasteiger partial charge in [-0.15, -0.1) is 11.8 Å². The molecule has 0 spiro atoms. The Morgan fingerprint density at radius 2 is 1.34 bits per heavy atom. The van der Waals surface area contributed by atoms with Gasteiger partial charge >= 0.3 is 6.09 Å². The van der Waals surface area contributed by atoms with Gasteiger partial charge in [0.15, 0.2) is 5.60 Å². The molecular formula is C27H29NO3S. The Kier molecular flexibility index (Phi) is 6.58.